The molecule has 8 nitrogen and oxygen atoms in total. The molecule has 0 fully saturated rings. The van der Waals surface area contributed by atoms with Crippen molar-refractivity contribution in [1.29, 1.82) is 0 Å². The first-order valence-corrected chi connectivity index (χ1v) is 7.46. The van der Waals surface area contributed by atoms with Gasteiger partial charge in [0.05, 0.1) is 15.4 Å². The molecule has 0 aliphatic heterocycles. The summed E-state index contributed by atoms with van der Waals surface area (Å²) in [6.45, 7) is 0. The number of carbonyl (C=O) groups excluding carboxylic acids is 1. The number of nitrogens with zero attached hydrogens (tertiary/aromatic N) is 1. The number of urea groups is 1. The molecule has 0 saturated carbocycles. The summed E-state index contributed by atoms with van der Waals surface area (Å²) in [5, 5.41) is 11.0. The number of hydrogen-bond donors (Lipinski definition) is 2. The Bertz CT molecular complexity index is 831. The molecule has 22 heavy (non-hydrogen) atoms. The Balaban J connectivity index is 2.42. The van der Waals surface area contributed by atoms with Gasteiger partial charge in [0.1, 0.15) is 0 Å². The molecule has 0 aromatic heterocycles. The molecule has 0 spiro atoms. The molecule has 2 aromatic rings. The second-order valence-corrected chi connectivity index (χ2v) is 5.95. The molecule has 2 rings (SSSR count). The Morgan fingerprint density at radius 1 is 1.09 bits per heavy atom. The Labute approximate surface area is 125 Å². The first-order valence-electron chi connectivity index (χ1n) is 5.97. The predicted molar refractivity (Wildman–Crippen MR) is 78.4 cm³/mol. The van der Waals surface area contributed by atoms with E-state index < -0.39 is 21.0 Å². The number of nitrogens with two attached hydrogens (primary N) is 1. The SMILES string of the molecule is NC(=O)NS(=O)(=O)c1ccc(-c2ccccc2[N+](=O)[O-])cc1. The number of nitro benzene ring substituents is 1. The number of rotatable bonds is 4. The normalized spacial score (nSPS) is 10.9. The quantitative estimate of drug-likeness (QED) is 0.652. The maximum atomic E-state index is 11.7. The van der Waals surface area contributed by atoms with Crippen LogP contribution in [0.5, 0.6) is 0 Å². The van der Waals surface area contributed by atoms with Crippen LogP contribution in [0, 0.1) is 10.1 Å². The van der Waals surface area contributed by atoms with Gasteiger partial charge in [0.15, 0.2) is 0 Å². The highest BCUT2D eigenvalue weighted by molar-refractivity contribution is 7.90. The van der Waals surface area contributed by atoms with Crippen molar-refractivity contribution < 1.29 is 18.1 Å². The van der Waals surface area contributed by atoms with Gasteiger partial charge in [0.25, 0.3) is 15.7 Å². The van der Waals surface area contributed by atoms with Crippen molar-refractivity contribution in [3.63, 3.8) is 0 Å². The fourth-order valence-corrected chi connectivity index (χ4v) is 2.76. The molecule has 0 saturated heterocycles. The molecule has 0 radical (unpaired) electrons. The van der Waals surface area contributed by atoms with Crippen LogP contribution in [0.3, 0.4) is 0 Å². The van der Waals surface area contributed by atoms with E-state index in [1.807, 2.05) is 0 Å². The summed E-state index contributed by atoms with van der Waals surface area (Å²) in [4.78, 5) is 21.0. The number of amides is 2. The average molecular weight is 321 g/mol. The fourth-order valence-electron chi connectivity index (χ4n) is 1.88. The standard InChI is InChI=1S/C13H11N3O5S/c14-13(17)15-22(20,21)10-7-5-9(6-8-10)11-3-1-2-4-12(11)16(18)19/h1-8H,(H3,14,15,17). The zero-order chi connectivity index (χ0) is 16.3. The van der Waals surface area contributed by atoms with Crippen molar-refractivity contribution in [3.05, 3.63) is 58.6 Å². The van der Waals surface area contributed by atoms with E-state index >= 15 is 0 Å². The maximum absolute atomic E-state index is 11.7. The monoisotopic (exact) mass is 321 g/mol. The molecule has 0 aliphatic carbocycles. The third-order valence-corrected chi connectivity index (χ3v) is 4.17. The number of hydrogen-bond acceptors (Lipinski definition) is 5. The largest absolute Gasteiger partial charge is 0.351 e. The first kappa shape index (κ1) is 15.4. The van der Waals surface area contributed by atoms with Gasteiger partial charge >= 0.3 is 6.03 Å². The van der Waals surface area contributed by atoms with Crippen LogP contribution in [0.25, 0.3) is 11.1 Å². The molecule has 2 aromatic carbocycles. The zero-order valence-electron chi connectivity index (χ0n) is 11.1. The van der Waals surface area contributed by atoms with Crippen molar-refractivity contribution in [2.75, 3.05) is 0 Å². The van der Waals surface area contributed by atoms with Gasteiger partial charge in [-0.05, 0) is 23.8 Å². The van der Waals surface area contributed by atoms with Crippen LogP contribution < -0.4 is 10.5 Å². The van der Waals surface area contributed by atoms with Crippen molar-refractivity contribution in [2.45, 2.75) is 4.90 Å². The third-order valence-electron chi connectivity index (χ3n) is 2.81. The van der Waals surface area contributed by atoms with Gasteiger partial charge in [0, 0.05) is 6.07 Å². The van der Waals surface area contributed by atoms with Gasteiger partial charge in [-0.1, -0.05) is 24.3 Å². The van der Waals surface area contributed by atoms with E-state index in [-0.39, 0.29) is 10.6 Å². The Morgan fingerprint density at radius 2 is 1.68 bits per heavy atom. The highest BCUT2D eigenvalue weighted by Crippen LogP contribution is 2.29. The Morgan fingerprint density at radius 3 is 2.23 bits per heavy atom. The number of nitro groups is 1. The lowest BCUT2D eigenvalue weighted by molar-refractivity contribution is -0.384. The summed E-state index contributed by atoms with van der Waals surface area (Å²) in [7, 11) is -4.04. The molecular weight excluding hydrogens is 310 g/mol. The van der Waals surface area contributed by atoms with Crippen LogP contribution in [0.15, 0.2) is 53.4 Å². The lowest BCUT2D eigenvalue weighted by atomic mass is 10.0. The van der Waals surface area contributed by atoms with Gasteiger partial charge in [-0.3, -0.25) is 10.1 Å². The van der Waals surface area contributed by atoms with Gasteiger partial charge in [-0.2, -0.15) is 0 Å². The summed E-state index contributed by atoms with van der Waals surface area (Å²) >= 11 is 0. The van der Waals surface area contributed by atoms with E-state index in [0.29, 0.717) is 11.1 Å². The topological polar surface area (TPSA) is 132 Å². The van der Waals surface area contributed by atoms with Crippen LogP contribution >= 0.6 is 0 Å². The molecule has 3 N–H and O–H groups in total. The molecule has 0 bridgehead atoms. The summed E-state index contributed by atoms with van der Waals surface area (Å²) in [6, 6.07) is 10.2. The van der Waals surface area contributed by atoms with Crippen LogP contribution in [0.1, 0.15) is 0 Å². The van der Waals surface area contributed by atoms with Crippen LogP contribution in [-0.4, -0.2) is 19.4 Å². The minimum Gasteiger partial charge on any atom is -0.351 e. The molecule has 0 unspecified atom stereocenters. The van der Waals surface area contributed by atoms with E-state index in [1.54, 1.807) is 16.9 Å². The zero-order valence-corrected chi connectivity index (χ0v) is 11.9. The number of sulfonamides is 1. The number of carbonyl (C=O) groups is 1. The van der Waals surface area contributed by atoms with Crippen molar-refractivity contribution in [1.82, 2.24) is 4.72 Å². The average Bonchev–Trinajstić information content (AvgIpc) is 2.46. The molecule has 2 amide bonds. The Kier molecular flexibility index (Phi) is 4.08. The van der Waals surface area contributed by atoms with Crippen molar-refractivity contribution >= 4 is 21.7 Å². The van der Waals surface area contributed by atoms with Crippen molar-refractivity contribution in [3.8, 4) is 11.1 Å². The number of benzene rings is 2. The van der Waals surface area contributed by atoms with Gasteiger partial charge < -0.3 is 5.73 Å². The number of primary amides is 1. The molecule has 114 valence electrons. The molecule has 0 heterocycles. The summed E-state index contributed by atoms with van der Waals surface area (Å²) in [5.74, 6) is 0. The number of para-hydroxylation sites is 1. The molecule has 0 aliphatic rings. The first-order chi connectivity index (χ1) is 10.3. The van der Waals surface area contributed by atoms with Crippen LogP contribution in [0.4, 0.5) is 10.5 Å². The summed E-state index contributed by atoms with van der Waals surface area (Å²) in [6.07, 6.45) is 0. The molecular formula is C13H11N3O5S. The summed E-state index contributed by atoms with van der Waals surface area (Å²) in [5.41, 5.74) is 5.53. The minimum atomic E-state index is -4.04. The second-order valence-electron chi connectivity index (χ2n) is 4.27. The van der Waals surface area contributed by atoms with E-state index in [0.717, 1.165) is 0 Å². The molecule has 9 heteroatoms. The van der Waals surface area contributed by atoms with Crippen LogP contribution in [0.2, 0.25) is 0 Å². The van der Waals surface area contributed by atoms with E-state index in [4.69, 9.17) is 5.73 Å². The summed E-state index contributed by atoms with van der Waals surface area (Å²) < 4.78 is 25.1. The smallest absolute Gasteiger partial charge is 0.326 e. The van der Waals surface area contributed by atoms with Gasteiger partial charge in [-0.25, -0.2) is 17.9 Å². The van der Waals surface area contributed by atoms with Gasteiger partial charge in [-0.15, -0.1) is 0 Å². The third kappa shape index (κ3) is 3.20. The highest BCUT2D eigenvalue weighted by Gasteiger charge is 2.18. The lowest BCUT2D eigenvalue weighted by Gasteiger charge is -2.06. The second kappa shape index (κ2) is 5.82. The van der Waals surface area contributed by atoms with Crippen LogP contribution in [-0.2, 0) is 10.0 Å². The lowest BCUT2D eigenvalue weighted by Crippen LogP contribution is -2.34. The highest BCUT2D eigenvalue weighted by atomic mass is 32.2. The van der Waals surface area contributed by atoms with Gasteiger partial charge in [0.2, 0.25) is 0 Å². The maximum Gasteiger partial charge on any atom is 0.326 e. The Hall–Kier alpha value is -2.94. The number of nitrogens with one attached hydrogen (secondary N) is 1. The minimum absolute atomic E-state index is 0.0895. The fraction of sp³-hybridized carbons (Fsp3) is 0. The predicted octanol–water partition coefficient (Wildman–Crippen LogP) is 1.62. The van der Waals surface area contributed by atoms with E-state index in [1.165, 1.54) is 36.4 Å². The van der Waals surface area contributed by atoms with E-state index in [9.17, 15) is 23.3 Å². The van der Waals surface area contributed by atoms with E-state index in [2.05, 4.69) is 0 Å². The molecule has 0 atom stereocenters. The van der Waals surface area contributed by atoms with Crippen molar-refractivity contribution in [2.24, 2.45) is 5.73 Å².